The molecule has 0 saturated carbocycles. The van der Waals surface area contributed by atoms with Crippen LogP contribution in [-0.4, -0.2) is 15.5 Å². The van der Waals surface area contributed by atoms with E-state index < -0.39 is 6.04 Å². The summed E-state index contributed by atoms with van der Waals surface area (Å²) in [5.74, 6) is 0.674. The van der Waals surface area contributed by atoms with Gasteiger partial charge in [0.25, 0.3) is 5.56 Å². The third kappa shape index (κ3) is 3.29. The summed E-state index contributed by atoms with van der Waals surface area (Å²) < 4.78 is 7.04. The highest BCUT2D eigenvalue weighted by molar-refractivity contribution is 5.95. The van der Waals surface area contributed by atoms with E-state index in [1.807, 2.05) is 50.3 Å². The number of aromatic nitrogens is 2. The smallest absolute Gasteiger partial charge is 0.265 e. The summed E-state index contributed by atoms with van der Waals surface area (Å²) in [6.45, 7) is 4.05. The fourth-order valence-corrected chi connectivity index (χ4v) is 3.40. The van der Waals surface area contributed by atoms with Crippen molar-refractivity contribution in [3.8, 4) is 5.88 Å². The molecular formula is C22H21N3O3. The van der Waals surface area contributed by atoms with Crippen LogP contribution in [0.2, 0.25) is 0 Å². The molecule has 0 saturated heterocycles. The average Bonchev–Trinajstić information content (AvgIpc) is 2.91. The highest BCUT2D eigenvalue weighted by Crippen LogP contribution is 2.29. The molecule has 0 aliphatic carbocycles. The van der Waals surface area contributed by atoms with Crippen LogP contribution in [0.25, 0.3) is 17.8 Å². The standard InChI is InChI=1S/C22H21N3O3/c1-14(2)12-18-20(26)23-17(13-15-8-4-3-5-9-15)19-24-21-16(22(27)25(18)19)10-6-7-11-28-21/h3-11,13-14,18H,12H2,1-2H3,(H,23,26)/t18-/m0/s1. The molecule has 1 aromatic carbocycles. The molecule has 2 aliphatic rings. The summed E-state index contributed by atoms with van der Waals surface area (Å²) in [6.07, 6.45) is 8.93. The second-order valence-electron chi connectivity index (χ2n) is 7.24. The van der Waals surface area contributed by atoms with Crippen molar-refractivity contribution in [2.24, 2.45) is 5.92 Å². The Kier molecular flexibility index (Phi) is 4.69. The van der Waals surface area contributed by atoms with Gasteiger partial charge in [-0.1, -0.05) is 50.3 Å². The summed E-state index contributed by atoms with van der Waals surface area (Å²) in [7, 11) is 0. The van der Waals surface area contributed by atoms with Crippen molar-refractivity contribution in [3.63, 3.8) is 0 Å². The van der Waals surface area contributed by atoms with Crippen molar-refractivity contribution < 1.29 is 9.53 Å². The third-order valence-electron chi connectivity index (χ3n) is 4.67. The number of rotatable bonds is 3. The van der Waals surface area contributed by atoms with Gasteiger partial charge in [-0.2, -0.15) is 4.98 Å². The lowest BCUT2D eigenvalue weighted by Crippen LogP contribution is -2.45. The fourth-order valence-electron chi connectivity index (χ4n) is 3.40. The molecule has 0 fully saturated rings. The van der Waals surface area contributed by atoms with Gasteiger partial charge in [0.2, 0.25) is 11.8 Å². The molecule has 28 heavy (non-hydrogen) atoms. The lowest BCUT2D eigenvalue weighted by molar-refractivity contribution is -0.124. The van der Waals surface area contributed by atoms with Crippen LogP contribution in [0.4, 0.5) is 0 Å². The zero-order chi connectivity index (χ0) is 19.7. The summed E-state index contributed by atoms with van der Waals surface area (Å²) in [5, 5.41) is 2.93. The maximum absolute atomic E-state index is 13.3. The number of fused-ring (bicyclic) bond motifs is 2. The number of nitrogens with one attached hydrogen (secondary N) is 1. The molecule has 1 atom stereocenters. The first-order valence-electron chi connectivity index (χ1n) is 9.29. The van der Waals surface area contributed by atoms with Crippen molar-refractivity contribution >= 4 is 23.8 Å². The first-order valence-corrected chi connectivity index (χ1v) is 9.29. The number of carbonyl (C=O) groups excluding carboxylic acids is 1. The van der Waals surface area contributed by atoms with Gasteiger partial charge in [-0.05, 0) is 36.1 Å². The number of amides is 1. The van der Waals surface area contributed by atoms with Crippen molar-refractivity contribution in [2.45, 2.75) is 26.3 Å². The van der Waals surface area contributed by atoms with Crippen LogP contribution in [0.1, 0.15) is 43.3 Å². The van der Waals surface area contributed by atoms with Crippen LogP contribution in [0.5, 0.6) is 5.88 Å². The molecule has 3 heterocycles. The Balaban J connectivity index is 1.95. The molecule has 1 aromatic heterocycles. The molecular weight excluding hydrogens is 354 g/mol. The van der Waals surface area contributed by atoms with E-state index in [0.29, 0.717) is 23.5 Å². The van der Waals surface area contributed by atoms with Crippen LogP contribution in [0.15, 0.2) is 53.5 Å². The molecule has 2 aliphatic heterocycles. The summed E-state index contributed by atoms with van der Waals surface area (Å²) in [6, 6.07) is 8.98. The van der Waals surface area contributed by atoms with Crippen LogP contribution in [0, 0.1) is 5.92 Å². The minimum Gasteiger partial charge on any atom is -0.446 e. The Bertz CT molecular complexity index is 1060. The maximum Gasteiger partial charge on any atom is 0.265 e. The van der Waals surface area contributed by atoms with E-state index in [1.54, 1.807) is 18.2 Å². The Morgan fingerprint density at radius 3 is 2.75 bits per heavy atom. The Labute approximate surface area is 162 Å². The van der Waals surface area contributed by atoms with Crippen molar-refractivity contribution in [1.29, 1.82) is 0 Å². The zero-order valence-corrected chi connectivity index (χ0v) is 15.8. The number of nitrogens with zero attached hydrogens (tertiary/aromatic N) is 2. The quantitative estimate of drug-likeness (QED) is 0.893. The molecule has 2 aromatic rings. The molecule has 0 unspecified atom stereocenters. The molecule has 0 bridgehead atoms. The van der Waals surface area contributed by atoms with Crippen molar-refractivity contribution in [3.05, 3.63) is 76.1 Å². The average molecular weight is 375 g/mol. The predicted molar refractivity (Wildman–Crippen MR) is 108 cm³/mol. The van der Waals surface area contributed by atoms with Gasteiger partial charge in [-0.3, -0.25) is 14.2 Å². The van der Waals surface area contributed by atoms with Crippen LogP contribution >= 0.6 is 0 Å². The minimum absolute atomic E-state index is 0.205. The molecule has 6 nitrogen and oxygen atoms in total. The minimum atomic E-state index is -0.613. The predicted octanol–water partition coefficient (Wildman–Crippen LogP) is 3.38. The van der Waals surface area contributed by atoms with Crippen LogP contribution in [0.3, 0.4) is 0 Å². The van der Waals surface area contributed by atoms with Gasteiger partial charge < -0.3 is 10.1 Å². The molecule has 0 spiro atoms. The van der Waals surface area contributed by atoms with Gasteiger partial charge in [0, 0.05) is 0 Å². The van der Waals surface area contributed by atoms with E-state index in [1.165, 1.54) is 10.8 Å². The summed E-state index contributed by atoms with van der Waals surface area (Å²) >= 11 is 0. The Hall–Kier alpha value is -3.41. The van der Waals surface area contributed by atoms with Crippen LogP contribution < -0.4 is 15.6 Å². The highest BCUT2D eigenvalue weighted by Gasteiger charge is 2.34. The largest absolute Gasteiger partial charge is 0.446 e. The Morgan fingerprint density at radius 2 is 2.00 bits per heavy atom. The van der Waals surface area contributed by atoms with Gasteiger partial charge in [-0.25, -0.2) is 0 Å². The number of carbonyl (C=O) groups is 1. The second-order valence-corrected chi connectivity index (χ2v) is 7.24. The number of hydrogen-bond acceptors (Lipinski definition) is 4. The highest BCUT2D eigenvalue weighted by atomic mass is 16.5. The van der Waals surface area contributed by atoms with Gasteiger partial charge in [-0.15, -0.1) is 0 Å². The first-order chi connectivity index (χ1) is 13.5. The molecule has 1 amide bonds. The van der Waals surface area contributed by atoms with E-state index in [9.17, 15) is 9.59 Å². The van der Waals surface area contributed by atoms with E-state index >= 15 is 0 Å². The lowest BCUT2D eigenvalue weighted by Gasteiger charge is -2.30. The molecule has 6 heteroatoms. The van der Waals surface area contributed by atoms with Crippen LogP contribution in [-0.2, 0) is 4.79 Å². The number of hydrogen-bond donors (Lipinski definition) is 1. The van der Waals surface area contributed by atoms with Gasteiger partial charge in [0.15, 0.2) is 5.82 Å². The zero-order valence-electron chi connectivity index (χ0n) is 15.8. The normalized spacial score (nSPS) is 19.0. The first kappa shape index (κ1) is 18.0. The molecule has 1 N–H and O–H groups in total. The van der Waals surface area contributed by atoms with E-state index in [-0.39, 0.29) is 23.3 Å². The number of allylic oxidation sites excluding steroid dienone is 2. The monoisotopic (exact) mass is 375 g/mol. The van der Waals surface area contributed by atoms with Gasteiger partial charge in [0.05, 0.1) is 12.0 Å². The molecule has 142 valence electrons. The third-order valence-corrected chi connectivity index (χ3v) is 4.67. The van der Waals surface area contributed by atoms with Gasteiger partial charge >= 0.3 is 0 Å². The van der Waals surface area contributed by atoms with E-state index in [4.69, 9.17) is 4.74 Å². The maximum atomic E-state index is 13.3. The van der Waals surface area contributed by atoms with Gasteiger partial charge in [0.1, 0.15) is 11.6 Å². The van der Waals surface area contributed by atoms with Crippen molar-refractivity contribution in [1.82, 2.24) is 14.9 Å². The number of ether oxygens (including phenoxy) is 1. The number of benzene rings is 1. The summed E-state index contributed by atoms with van der Waals surface area (Å²) in [4.78, 5) is 30.8. The fraction of sp³-hybridized carbons (Fsp3) is 0.227. The van der Waals surface area contributed by atoms with E-state index in [2.05, 4.69) is 10.3 Å². The van der Waals surface area contributed by atoms with E-state index in [0.717, 1.165) is 5.56 Å². The second kappa shape index (κ2) is 7.31. The lowest BCUT2D eigenvalue weighted by atomic mass is 10.00. The van der Waals surface area contributed by atoms with Crippen molar-refractivity contribution in [2.75, 3.05) is 0 Å². The Morgan fingerprint density at radius 1 is 1.21 bits per heavy atom. The summed E-state index contributed by atoms with van der Waals surface area (Å²) in [5.41, 5.74) is 1.45. The topological polar surface area (TPSA) is 73.2 Å². The molecule has 0 radical (unpaired) electrons. The SMILES string of the molecule is CC(C)C[C@H]1C(=O)NC(=Cc2ccccc2)c2nc3c(c(=O)n21)C=CC=CO3. The molecule has 4 rings (SSSR count).